The molecule has 0 fully saturated rings. The van der Waals surface area contributed by atoms with Gasteiger partial charge < -0.3 is 9.47 Å². The molecular formula is C61H37N7. The number of nitrogens with zero attached hydrogens (tertiary/aromatic N) is 7. The van der Waals surface area contributed by atoms with E-state index in [0.29, 0.717) is 33.9 Å². The van der Waals surface area contributed by atoms with Crippen molar-refractivity contribution in [1.29, 1.82) is 15.8 Å². The van der Waals surface area contributed by atoms with Gasteiger partial charge in [0.1, 0.15) is 0 Å². The van der Waals surface area contributed by atoms with E-state index in [0.717, 1.165) is 72.7 Å². The first-order chi connectivity index (χ1) is 33.5. The van der Waals surface area contributed by atoms with Gasteiger partial charge in [-0.15, -0.1) is 0 Å². The van der Waals surface area contributed by atoms with Gasteiger partial charge in [0.05, 0.1) is 57.3 Å². The zero-order valence-corrected chi connectivity index (χ0v) is 36.5. The summed E-state index contributed by atoms with van der Waals surface area (Å²) >= 11 is 0. The van der Waals surface area contributed by atoms with E-state index in [1.807, 2.05) is 60.7 Å². The van der Waals surface area contributed by atoms with Crippen LogP contribution in [0.4, 0.5) is 17.1 Å². The van der Waals surface area contributed by atoms with Crippen LogP contribution in [0.2, 0.25) is 0 Å². The Hall–Kier alpha value is -9.87. The lowest BCUT2D eigenvalue weighted by atomic mass is 9.95. The SMILES string of the molecule is N#Cc1ccc(-c2cc(-c3ccc(-c4ccc(-c5ccc(-n6c7ccccc7c7cc(N(c8ccccc8)c8ccccc8)ccc76)cc5)cc4)c(C#N)c3)nc(-c3ccc(C#N)cc3)n2)cc1. The van der Waals surface area contributed by atoms with E-state index in [4.69, 9.17) is 9.97 Å². The first-order valence-electron chi connectivity index (χ1n) is 22.1. The fraction of sp³-hybridized carbons (Fsp3) is 0. The maximum absolute atomic E-state index is 10.5. The van der Waals surface area contributed by atoms with Crippen LogP contribution in [0.25, 0.3) is 83.6 Å². The predicted molar refractivity (Wildman–Crippen MR) is 272 cm³/mol. The second kappa shape index (κ2) is 17.6. The van der Waals surface area contributed by atoms with Gasteiger partial charge in [0.2, 0.25) is 0 Å². The van der Waals surface area contributed by atoms with Gasteiger partial charge in [-0.25, -0.2) is 9.97 Å². The van der Waals surface area contributed by atoms with Crippen LogP contribution in [0.5, 0.6) is 0 Å². The molecule has 9 aromatic carbocycles. The average molecular weight is 868 g/mol. The molecule has 68 heavy (non-hydrogen) atoms. The summed E-state index contributed by atoms with van der Waals surface area (Å²) in [4.78, 5) is 12.1. The molecule has 7 heteroatoms. The van der Waals surface area contributed by atoms with Crippen molar-refractivity contribution >= 4 is 38.9 Å². The molecule has 316 valence electrons. The predicted octanol–water partition coefficient (Wildman–Crippen LogP) is 15.0. The molecule has 0 aliphatic carbocycles. The summed E-state index contributed by atoms with van der Waals surface area (Å²) in [6.07, 6.45) is 0. The molecule has 2 heterocycles. The maximum atomic E-state index is 10.5. The number of anilines is 3. The standard InChI is InChI=1S/C61H37N7/c62-38-41-15-19-46(20-16-41)57-37-58(66-61(65-57)47-21-17-42(39-63)18-22-47)48-29-33-54(49(35-48)40-64)45-25-23-43(24-26-45)44-27-30-52(31-28-44)68-59-14-8-7-13-55(59)56-36-53(32-34-60(56)68)67(50-9-3-1-4-10-50)51-11-5-2-6-12-51/h1-37H. The number of rotatable bonds is 9. The highest BCUT2D eigenvalue weighted by Crippen LogP contribution is 2.40. The van der Waals surface area contributed by atoms with Gasteiger partial charge in [0.15, 0.2) is 5.82 Å². The second-order valence-corrected chi connectivity index (χ2v) is 16.4. The molecule has 0 bridgehead atoms. The van der Waals surface area contributed by atoms with Crippen molar-refractivity contribution in [3.63, 3.8) is 0 Å². The number of fused-ring (bicyclic) bond motifs is 3. The molecule has 0 unspecified atom stereocenters. The van der Waals surface area contributed by atoms with E-state index in [-0.39, 0.29) is 0 Å². The number of nitriles is 3. The van der Waals surface area contributed by atoms with Crippen molar-refractivity contribution in [1.82, 2.24) is 14.5 Å². The van der Waals surface area contributed by atoms with Crippen LogP contribution >= 0.6 is 0 Å². The summed E-state index contributed by atoms with van der Waals surface area (Å²) in [5.41, 5.74) is 15.8. The highest BCUT2D eigenvalue weighted by Gasteiger charge is 2.18. The van der Waals surface area contributed by atoms with E-state index in [1.165, 1.54) is 10.8 Å². The molecule has 2 aromatic heterocycles. The van der Waals surface area contributed by atoms with E-state index < -0.39 is 0 Å². The van der Waals surface area contributed by atoms with Crippen molar-refractivity contribution in [3.8, 4) is 80.1 Å². The summed E-state index contributed by atoms with van der Waals surface area (Å²) in [6.45, 7) is 0. The zero-order valence-electron chi connectivity index (χ0n) is 36.5. The first kappa shape index (κ1) is 40.9. The highest BCUT2D eigenvalue weighted by atomic mass is 15.1. The number of hydrogen-bond donors (Lipinski definition) is 0. The van der Waals surface area contributed by atoms with Gasteiger partial charge in [0.25, 0.3) is 0 Å². The van der Waals surface area contributed by atoms with Crippen LogP contribution in [0.15, 0.2) is 224 Å². The molecule has 0 saturated heterocycles. The summed E-state index contributed by atoms with van der Waals surface area (Å²) in [6, 6.07) is 82.2. The minimum absolute atomic E-state index is 0.483. The molecule has 0 aliphatic rings. The summed E-state index contributed by atoms with van der Waals surface area (Å²) in [7, 11) is 0. The Morgan fingerprint density at radius 2 is 0.882 bits per heavy atom. The van der Waals surface area contributed by atoms with Crippen LogP contribution in [-0.2, 0) is 0 Å². The van der Waals surface area contributed by atoms with E-state index in [9.17, 15) is 15.8 Å². The average Bonchev–Trinajstić information content (AvgIpc) is 3.75. The van der Waals surface area contributed by atoms with E-state index >= 15 is 0 Å². The van der Waals surface area contributed by atoms with Crippen molar-refractivity contribution in [2.24, 2.45) is 0 Å². The lowest BCUT2D eigenvalue weighted by Crippen LogP contribution is -2.09. The van der Waals surface area contributed by atoms with Gasteiger partial charge in [-0.3, -0.25) is 0 Å². The fourth-order valence-corrected chi connectivity index (χ4v) is 8.95. The largest absolute Gasteiger partial charge is 0.310 e. The van der Waals surface area contributed by atoms with Gasteiger partial charge in [-0.05, 0) is 131 Å². The van der Waals surface area contributed by atoms with Gasteiger partial charge in [-0.2, -0.15) is 15.8 Å². The summed E-state index contributed by atoms with van der Waals surface area (Å²) < 4.78 is 2.34. The molecule has 11 rings (SSSR count). The summed E-state index contributed by atoms with van der Waals surface area (Å²) in [5, 5.41) is 31.6. The van der Waals surface area contributed by atoms with Crippen LogP contribution in [-0.4, -0.2) is 14.5 Å². The van der Waals surface area contributed by atoms with Crippen LogP contribution < -0.4 is 4.90 Å². The molecule has 0 saturated carbocycles. The maximum Gasteiger partial charge on any atom is 0.160 e. The molecule has 0 atom stereocenters. The molecule has 0 aliphatic heterocycles. The molecular weight excluding hydrogens is 831 g/mol. The van der Waals surface area contributed by atoms with Crippen molar-refractivity contribution < 1.29 is 0 Å². The molecule has 0 radical (unpaired) electrons. The number of aromatic nitrogens is 3. The van der Waals surface area contributed by atoms with Crippen LogP contribution in [0.3, 0.4) is 0 Å². The van der Waals surface area contributed by atoms with Crippen molar-refractivity contribution in [2.75, 3.05) is 4.90 Å². The van der Waals surface area contributed by atoms with Gasteiger partial charge >= 0.3 is 0 Å². The van der Waals surface area contributed by atoms with Gasteiger partial charge in [-0.1, -0.05) is 115 Å². The zero-order chi connectivity index (χ0) is 46.0. The lowest BCUT2D eigenvalue weighted by Gasteiger charge is -2.25. The van der Waals surface area contributed by atoms with Crippen LogP contribution in [0.1, 0.15) is 16.7 Å². The molecule has 7 nitrogen and oxygen atoms in total. The topological polar surface area (TPSA) is 105 Å². The smallest absolute Gasteiger partial charge is 0.160 e. The minimum Gasteiger partial charge on any atom is -0.310 e. The first-order valence-corrected chi connectivity index (χ1v) is 22.1. The third-order valence-electron chi connectivity index (χ3n) is 12.3. The number of para-hydroxylation sites is 3. The van der Waals surface area contributed by atoms with Gasteiger partial charge in [0, 0.05) is 50.2 Å². The Morgan fingerprint density at radius 1 is 0.368 bits per heavy atom. The fourth-order valence-electron chi connectivity index (χ4n) is 8.95. The highest BCUT2D eigenvalue weighted by molar-refractivity contribution is 6.10. The molecule has 0 N–H and O–H groups in total. The monoisotopic (exact) mass is 867 g/mol. The minimum atomic E-state index is 0.483. The van der Waals surface area contributed by atoms with Crippen molar-refractivity contribution in [3.05, 3.63) is 241 Å². The Morgan fingerprint density at radius 3 is 1.50 bits per heavy atom. The molecule has 0 amide bonds. The Bertz CT molecular complexity index is 3670. The quantitative estimate of drug-likeness (QED) is 0.143. The number of benzene rings is 9. The third-order valence-corrected chi connectivity index (χ3v) is 12.3. The molecule has 11 aromatic rings. The Kier molecular flexibility index (Phi) is 10.6. The normalized spacial score (nSPS) is 10.9. The summed E-state index contributed by atoms with van der Waals surface area (Å²) in [5.74, 6) is 0.483. The van der Waals surface area contributed by atoms with E-state index in [2.05, 4.69) is 167 Å². The van der Waals surface area contributed by atoms with Crippen molar-refractivity contribution in [2.45, 2.75) is 0 Å². The van der Waals surface area contributed by atoms with E-state index in [1.54, 1.807) is 24.3 Å². The Balaban J connectivity index is 0.892. The number of hydrogen-bond acceptors (Lipinski definition) is 6. The third kappa shape index (κ3) is 7.67. The Labute approximate surface area is 393 Å². The second-order valence-electron chi connectivity index (χ2n) is 16.4. The van der Waals surface area contributed by atoms with Crippen LogP contribution in [0, 0.1) is 34.0 Å². The molecule has 0 spiro atoms. The lowest BCUT2D eigenvalue weighted by molar-refractivity contribution is 1.18.